The molecule has 0 saturated heterocycles. The summed E-state index contributed by atoms with van der Waals surface area (Å²) in [6.45, 7) is 0.910. The van der Waals surface area contributed by atoms with E-state index < -0.39 is 0 Å². The normalized spacial score (nSPS) is 16.9. The van der Waals surface area contributed by atoms with Crippen LogP contribution in [0.5, 0.6) is 0 Å². The summed E-state index contributed by atoms with van der Waals surface area (Å²) in [4.78, 5) is 4.79. The van der Waals surface area contributed by atoms with Crippen molar-refractivity contribution < 1.29 is 0 Å². The van der Waals surface area contributed by atoms with Gasteiger partial charge in [0.05, 0.1) is 16.9 Å². The highest BCUT2D eigenvalue weighted by Gasteiger charge is 2.23. The maximum atomic E-state index is 4.79. The van der Waals surface area contributed by atoms with E-state index in [1.807, 2.05) is 6.07 Å². The second kappa shape index (κ2) is 3.20. The van der Waals surface area contributed by atoms with Crippen molar-refractivity contribution in [1.29, 1.82) is 0 Å². The zero-order valence-corrected chi connectivity index (χ0v) is 9.40. The van der Waals surface area contributed by atoms with Gasteiger partial charge in [-0.1, -0.05) is 30.4 Å². The first kappa shape index (κ1) is 8.99. The number of hydrogen-bond acceptors (Lipinski definition) is 2. The molecule has 17 heavy (non-hydrogen) atoms. The van der Waals surface area contributed by atoms with Crippen molar-refractivity contribution in [2.24, 2.45) is 0 Å². The number of hydrogen-bond donors (Lipinski definition) is 1. The fraction of sp³-hybridized carbons (Fsp3) is 0.133. The summed E-state index contributed by atoms with van der Waals surface area (Å²) in [5, 5.41) is 4.66. The quantitative estimate of drug-likeness (QED) is 0.738. The Morgan fingerprint density at radius 1 is 1.18 bits per heavy atom. The fourth-order valence-electron chi connectivity index (χ4n) is 2.66. The molecule has 0 saturated carbocycles. The van der Waals surface area contributed by atoms with Crippen LogP contribution in [0.1, 0.15) is 11.3 Å². The van der Waals surface area contributed by atoms with Crippen LogP contribution in [-0.4, -0.2) is 11.5 Å². The van der Waals surface area contributed by atoms with Crippen molar-refractivity contribution in [2.45, 2.75) is 6.42 Å². The van der Waals surface area contributed by atoms with Crippen molar-refractivity contribution in [1.82, 2.24) is 10.3 Å². The molecule has 4 rings (SSSR count). The Kier molecular flexibility index (Phi) is 1.69. The van der Waals surface area contributed by atoms with E-state index in [1.54, 1.807) is 0 Å². The van der Waals surface area contributed by atoms with Crippen molar-refractivity contribution in [2.75, 3.05) is 6.54 Å². The van der Waals surface area contributed by atoms with Gasteiger partial charge in [0.25, 0.3) is 0 Å². The molecule has 1 aromatic heterocycles. The first-order chi connectivity index (χ1) is 8.42. The largest absolute Gasteiger partial charge is 0.380 e. The van der Waals surface area contributed by atoms with E-state index in [4.69, 9.17) is 4.98 Å². The van der Waals surface area contributed by atoms with Crippen LogP contribution in [0.4, 0.5) is 0 Å². The molecule has 1 aliphatic heterocycles. The van der Waals surface area contributed by atoms with Gasteiger partial charge in [-0.2, -0.15) is 0 Å². The van der Waals surface area contributed by atoms with Gasteiger partial charge in [0, 0.05) is 18.4 Å². The third-order valence-electron chi connectivity index (χ3n) is 3.46. The van der Waals surface area contributed by atoms with Crippen LogP contribution in [-0.2, 0) is 6.42 Å². The lowest BCUT2D eigenvalue weighted by Crippen LogP contribution is -2.15. The molecule has 0 unspecified atom stereocenters. The van der Waals surface area contributed by atoms with E-state index in [0.717, 1.165) is 24.2 Å². The summed E-state index contributed by atoms with van der Waals surface area (Å²) in [7, 11) is 0. The molecule has 0 radical (unpaired) electrons. The molecule has 2 aromatic rings. The number of dihydropyridines is 1. The first-order valence-electron chi connectivity index (χ1n) is 5.94. The monoisotopic (exact) mass is 220 g/mol. The minimum Gasteiger partial charge on any atom is -0.380 e. The maximum Gasteiger partial charge on any atom is 0.0907 e. The van der Waals surface area contributed by atoms with Crippen LogP contribution in [0, 0.1) is 0 Å². The molecule has 1 N–H and O–H groups in total. The average molecular weight is 220 g/mol. The minimum absolute atomic E-state index is 0.910. The second-order valence-electron chi connectivity index (χ2n) is 4.55. The molecule has 2 nitrogen and oxygen atoms in total. The van der Waals surface area contributed by atoms with Gasteiger partial charge in [-0.25, -0.2) is 4.98 Å². The van der Waals surface area contributed by atoms with Gasteiger partial charge in [0.1, 0.15) is 0 Å². The van der Waals surface area contributed by atoms with Gasteiger partial charge in [0.2, 0.25) is 0 Å². The highest BCUT2D eigenvalue weighted by Crippen LogP contribution is 2.33. The van der Waals surface area contributed by atoms with Gasteiger partial charge in [-0.05, 0) is 23.3 Å². The Morgan fingerprint density at radius 3 is 3.12 bits per heavy atom. The molecule has 2 heterocycles. The summed E-state index contributed by atoms with van der Waals surface area (Å²) in [6, 6.07) is 10.6. The smallest absolute Gasteiger partial charge is 0.0907 e. The van der Waals surface area contributed by atoms with Crippen LogP contribution in [0.3, 0.4) is 0 Å². The lowest BCUT2D eigenvalue weighted by Gasteiger charge is -2.11. The topological polar surface area (TPSA) is 24.9 Å². The predicted molar refractivity (Wildman–Crippen MR) is 69.5 cm³/mol. The minimum atomic E-state index is 0.910. The van der Waals surface area contributed by atoms with Crippen LogP contribution >= 0.6 is 0 Å². The van der Waals surface area contributed by atoms with Crippen molar-refractivity contribution >= 4 is 16.6 Å². The lowest BCUT2D eigenvalue weighted by atomic mass is 10.1. The second-order valence-corrected chi connectivity index (χ2v) is 4.55. The number of fused-ring (bicyclic) bond motifs is 3. The Balaban J connectivity index is 1.99. The van der Waals surface area contributed by atoms with E-state index >= 15 is 0 Å². The van der Waals surface area contributed by atoms with E-state index in [1.165, 1.54) is 22.2 Å². The van der Waals surface area contributed by atoms with Gasteiger partial charge >= 0.3 is 0 Å². The van der Waals surface area contributed by atoms with Gasteiger partial charge in [-0.3, -0.25) is 0 Å². The molecule has 1 aliphatic carbocycles. The molecular formula is C15H12N2. The Labute approximate surface area is 99.7 Å². The average Bonchev–Trinajstić information content (AvgIpc) is 2.73. The molecule has 0 bridgehead atoms. The van der Waals surface area contributed by atoms with E-state index in [0.29, 0.717) is 0 Å². The number of benzene rings is 1. The molecular weight excluding hydrogens is 208 g/mol. The highest BCUT2D eigenvalue weighted by molar-refractivity contribution is 5.85. The zero-order chi connectivity index (χ0) is 11.2. The number of pyridine rings is 1. The van der Waals surface area contributed by atoms with Crippen LogP contribution < -0.4 is 5.32 Å². The summed E-state index contributed by atoms with van der Waals surface area (Å²) < 4.78 is 0. The summed E-state index contributed by atoms with van der Waals surface area (Å²) in [5.74, 6) is 0. The van der Waals surface area contributed by atoms with Crippen LogP contribution in [0.15, 0.2) is 48.1 Å². The third kappa shape index (κ3) is 1.24. The molecule has 0 fully saturated rings. The van der Waals surface area contributed by atoms with Crippen molar-refractivity contribution in [3.8, 4) is 0 Å². The number of rotatable bonds is 0. The lowest BCUT2D eigenvalue weighted by molar-refractivity contribution is 0.979. The van der Waals surface area contributed by atoms with E-state index in [-0.39, 0.29) is 0 Å². The van der Waals surface area contributed by atoms with Gasteiger partial charge in [-0.15, -0.1) is 0 Å². The third-order valence-corrected chi connectivity index (χ3v) is 3.46. The predicted octanol–water partition coefficient (Wildman–Crippen LogP) is 2.66. The number of nitrogens with one attached hydrogen (secondary N) is 1. The van der Waals surface area contributed by atoms with E-state index in [9.17, 15) is 0 Å². The standard InChI is InChI=1S/C15H12N2/c1-2-6-13-10(4-1)8-12-9-11-5-3-7-16-14(11)15(12)17-13/h1-6,8,16H,7,9H2. The number of aromatic nitrogens is 1. The zero-order valence-electron chi connectivity index (χ0n) is 9.40. The Hall–Kier alpha value is -2.09. The summed E-state index contributed by atoms with van der Waals surface area (Å²) in [5.41, 5.74) is 6.16. The molecule has 0 amide bonds. The first-order valence-corrected chi connectivity index (χ1v) is 5.94. The fourth-order valence-corrected chi connectivity index (χ4v) is 2.66. The molecule has 0 spiro atoms. The van der Waals surface area contributed by atoms with Crippen LogP contribution in [0.2, 0.25) is 0 Å². The Morgan fingerprint density at radius 2 is 2.12 bits per heavy atom. The van der Waals surface area contributed by atoms with Crippen LogP contribution in [0.25, 0.3) is 16.6 Å². The van der Waals surface area contributed by atoms with Gasteiger partial charge in [0.15, 0.2) is 0 Å². The van der Waals surface area contributed by atoms with E-state index in [2.05, 4.69) is 41.7 Å². The molecule has 1 aromatic carbocycles. The molecule has 0 atom stereocenters. The molecule has 2 aliphatic rings. The molecule has 82 valence electrons. The maximum absolute atomic E-state index is 4.79. The SMILES string of the molecule is C1=CC2=C(NC1)c1nc3ccccc3cc1C2. The summed E-state index contributed by atoms with van der Waals surface area (Å²) in [6.07, 6.45) is 5.40. The Bertz CT molecular complexity index is 680. The van der Waals surface area contributed by atoms with Gasteiger partial charge < -0.3 is 5.32 Å². The van der Waals surface area contributed by atoms with Crippen molar-refractivity contribution in [3.05, 3.63) is 59.3 Å². The number of para-hydroxylation sites is 1. The number of nitrogens with zero attached hydrogens (tertiary/aromatic N) is 1. The summed E-state index contributed by atoms with van der Waals surface area (Å²) >= 11 is 0. The highest BCUT2D eigenvalue weighted by atomic mass is 14.9. The number of allylic oxidation sites excluding steroid dienone is 2. The molecule has 2 heteroatoms. The van der Waals surface area contributed by atoms with Crippen molar-refractivity contribution in [3.63, 3.8) is 0 Å².